The molecule has 3 nitrogen and oxygen atoms in total. The van der Waals surface area contributed by atoms with Gasteiger partial charge < -0.3 is 4.74 Å². The second-order valence-corrected chi connectivity index (χ2v) is 3.00. The molecule has 1 aromatic rings. The average molecular weight is 250 g/mol. The third kappa shape index (κ3) is 4.49. The van der Waals surface area contributed by atoms with Gasteiger partial charge in [0.05, 0.1) is 17.2 Å². The molecule has 0 saturated carbocycles. The highest BCUT2D eigenvalue weighted by molar-refractivity contribution is 6.35. The third-order valence-electron chi connectivity index (χ3n) is 1.32. The minimum absolute atomic E-state index is 0.230. The number of carbonyl (C=O) groups is 1. The summed E-state index contributed by atoms with van der Waals surface area (Å²) in [4.78, 5) is 14.9. The van der Waals surface area contributed by atoms with Crippen LogP contribution in [0.2, 0.25) is 10.2 Å². The highest BCUT2D eigenvalue weighted by atomic mass is 35.5. The van der Waals surface area contributed by atoms with Crippen LogP contribution >= 0.6 is 23.2 Å². The Morgan fingerprint density at radius 2 is 2.07 bits per heavy atom. The van der Waals surface area contributed by atoms with Crippen LogP contribution in [0.3, 0.4) is 0 Å². The highest BCUT2D eigenvalue weighted by Crippen LogP contribution is 2.19. The molecule has 1 aromatic heterocycles. The van der Waals surface area contributed by atoms with Crippen molar-refractivity contribution < 1.29 is 9.53 Å². The van der Waals surface area contributed by atoms with Crippen molar-refractivity contribution in [3.05, 3.63) is 28.0 Å². The maximum Gasteiger partial charge on any atom is 0.341 e. The topological polar surface area (TPSA) is 39.2 Å². The van der Waals surface area contributed by atoms with Gasteiger partial charge in [-0.25, -0.2) is 9.78 Å². The van der Waals surface area contributed by atoms with Gasteiger partial charge in [-0.15, -0.1) is 0 Å². The van der Waals surface area contributed by atoms with Crippen molar-refractivity contribution in [3.8, 4) is 0 Å². The van der Waals surface area contributed by atoms with Gasteiger partial charge in [-0.2, -0.15) is 0 Å². The summed E-state index contributed by atoms with van der Waals surface area (Å²) in [5.41, 5.74) is 0.230. The van der Waals surface area contributed by atoms with Crippen LogP contribution in [0.15, 0.2) is 12.3 Å². The molecule has 0 amide bonds. The molecule has 1 heterocycles. The number of aromatic nitrogens is 1. The predicted octanol–water partition coefficient (Wildman–Crippen LogP) is 3.59. The van der Waals surface area contributed by atoms with Gasteiger partial charge in [-0.05, 0) is 13.0 Å². The Hall–Kier alpha value is -0.800. The minimum atomic E-state index is -0.489. The maximum absolute atomic E-state index is 11.2. The van der Waals surface area contributed by atoms with E-state index in [1.807, 2.05) is 13.8 Å². The van der Waals surface area contributed by atoms with Crippen LogP contribution in [0.4, 0.5) is 0 Å². The van der Waals surface area contributed by atoms with E-state index in [-0.39, 0.29) is 15.7 Å². The van der Waals surface area contributed by atoms with E-state index in [0.29, 0.717) is 6.61 Å². The molecule has 0 atom stereocenters. The number of esters is 1. The van der Waals surface area contributed by atoms with Crippen molar-refractivity contribution in [2.45, 2.75) is 20.8 Å². The molecule has 5 heteroatoms. The number of nitrogens with zero attached hydrogens (tertiary/aromatic N) is 1. The van der Waals surface area contributed by atoms with Gasteiger partial charge in [-0.3, -0.25) is 0 Å². The quantitative estimate of drug-likeness (QED) is 0.594. The van der Waals surface area contributed by atoms with Crippen LogP contribution in [0.25, 0.3) is 0 Å². The lowest BCUT2D eigenvalue weighted by Gasteiger charge is -2.02. The summed E-state index contributed by atoms with van der Waals surface area (Å²) in [7, 11) is 0. The van der Waals surface area contributed by atoms with Gasteiger partial charge in [-0.1, -0.05) is 37.0 Å². The smallest absolute Gasteiger partial charge is 0.341 e. The Morgan fingerprint density at radius 1 is 1.47 bits per heavy atom. The number of hydrogen-bond donors (Lipinski definition) is 0. The summed E-state index contributed by atoms with van der Waals surface area (Å²) in [5.74, 6) is -0.489. The van der Waals surface area contributed by atoms with E-state index < -0.39 is 5.97 Å². The second-order valence-electron chi connectivity index (χ2n) is 2.21. The van der Waals surface area contributed by atoms with Gasteiger partial charge >= 0.3 is 5.97 Å². The zero-order valence-corrected chi connectivity index (χ0v) is 10.4. The van der Waals surface area contributed by atoms with Crippen LogP contribution in [-0.2, 0) is 4.74 Å². The SMILES string of the molecule is CC.CCOC(=O)c1cnc(Cl)cc1Cl. The third-order valence-corrected chi connectivity index (χ3v) is 1.83. The number of carbonyl (C=O) groups excluding carboxylic acids is 1. The molecule has 0 aliphatic rings. The zero-order valence-electron chi connectivity index (χ0n) is 8.88. The Balaban J connectivity index is 0.000000921. The Kier molecular flexibility index (Phi) is 7.09. The average Bonchev–Trinajstić information content (AvgIpc) is 2.21. The normalized spacial score (nSPS) is 8.87. The van der Waals surface area contributed by atoms with Crippen LogP contribution in [0.5, 0.6) is 0 Å². The largest absolute Gasteiger partial charge is 0.462 e. The van der Waals surface area contributed by atoms with Crippen molar-refractivity contribution in [1.29, 1.82) is 0 Å². The summed E-state index contributed by atoms with van der Waals surface area (Å²) >= 11 is 11.3. The van der Waals surface area contributed by atoms with Crippen LogP contribution in [-0.4, -0.2) is 17.6 Å². The fourth-order valence-corrected chi connectivity index (χ4v) is 1.21. The molecular formula is C10H13Cl2NO2. The molecule has 0 aliphatic carbocycles. The molecule has 0 N–H and O–H groups in total. The predicted molar refractivity (Wildman–Crippen MR) is 61.6 cm³/mol. The molecule has 0 fully saturated rings. The molecule has 0 saturated heterocycles. The van der Waals surface area contributed by atoms with E-state index in [9.17, 15) is 4.79 Å². The first-order valence-electron chi connectivity index (χ1n) is 4.63. The number of pyridine rings is 1. The van der Waals surface area contributed by atoms with E-state index in [1.165, 1.54) is 12.3 Å². The lowest BCUT2D eigenvalue weighted by molar-refractivity contribution is 0.0526. The standard InChI is InChI=1S/C8H7Cl2NO2.C2H6/c1-2-13-8(12)5-4-11-7(10)3-6(5)9;1-2/h3-4H,2H2,1H3;1-2H3. The summed E-state index contributed by atoms with van der Waals surface area (Å²) < 4.78 is 4.74. The van der Waals surface area contributed by atoms with Crippen LogP contribution in [0.1, 0.15) is 31.1 Å². The summed E-state index contributed by atoms with van der Waals surface area (Å²) in [6.07, 6.45) is 1.29. The number of rotatable bonds is 2. The zero-order chi connectivity index (χ0) is 11.8. The number of hydrogen-bond acceptors (Lipinski definition) is 3. The number of ether oxygens (including phenoxy) is 1. The Labute approximate surface area is 99.4 Å². The molecule has 0 radical (unpaired) electrons. The molecule has 0 aromatic carbocycles. The number of halogens is 2. The van der Waals surface area contributed by atoms with Gasteiger partial charge in [0.15, 0.2) is 0 Å². The molecule has 15 heavy (non-hydrogen) atoms. The maximum atomic E-state index is 11.2. The Bertz CT molecular complexity index is 329. The van der Waals surface area contributed by atoms with Gasteiger partial charge in [0.25, 0.3) is 0 Å². The lowest BCUT2D eigenvalue weighted by atomic mass is 10.3. The van der Waals surface area contributed by atoms with Crippen LogP contribution < -0.4 is 0 Å². The molecule has 1 rings (SSSR count). The van der Waals surface area contributed by atoms with Gasteiger partial charge in [0.1, 0.15) is 5.15 Å². The lowest BCUT2D eigenvalue weighted by Crippen LogP contribution is -2.05. The van der Waals surface area contributed by atoms with E-state index in [1.54, 1.807) is 6.92 Å². The van der Waals surface area contributed by atoms with E-state index in [2.05, 4.69) is 4.98 Å². The summed E-state index contributed by atoms with van der Waals surface area (Å²) in [6.45, 7) is 6.02. The summed E-state index contributed by atoms with van der Waals surface area (Å²) in [5, 5.41) is 0.497. The van der Waals surface area contributed by atoms with Crippen molar-refractivity contribution in [1.82, 2.24) is 4.98 Å². The van der Waals surface area contributed by atoms with Gasteiger partial charge in [0.2, 0.25) is 0 Å². The molecular weight excluding hydrogens is 237 g/mol. The fourth-order valence-electron chi connectivity index (χ4n) is 0.767. The first kappa shape index (κ1) is 14.2. The van der Waals surface area contributed by atoms with Crippen molar-refractivity contribution in [2.24, 2.45) is 0 Å². The van der Waals surface area contributed by atoms with Crippen molar-refractivity contribution >= 4 is 29.2 Å². The molecule has 0 unspecified atom stereocenters. The highest BCUT2D eigenvalue weighted by Gasteiger charge is 2.11. The van der Waals surface area contributed by atoms with Crippen LogP contribution in [0, 0.1) is 0 Å². The second kappa shape index (κ2) is 7.49. The molecule has 0 spiro atoms. The molecule has 0 bridgehead atoms. The fraction of sp³-hybridized carbons (Fsp3) is 0.400. The van der Waals surface area contributed by atoms with Crippen molar-refractivity contribution in [2.75, 3.05) is 6.61 Å². The van der Waals surface area contributed by atoms with E-state index >= 15 is 0 Å². The Morgan fingerprint density at radius 3 is 2.53 bits per heavy atom. The van der Waals surface area contributed by atoms with Crippen molar-refractivity contribution in [3.63, 3.8) is 0 Å². The molecule has 84 valence electrons. The van der Waals surface area contributed by atoms with E-state index in [4.69, 9.17) is 27.9 Å². The van der Waals surface area contributed by atoms with Gasteiger partial charge in [0, 0.05) is 6.20 Å². The minimum Gasteiger partial charge on any atom is -0.462 e. The summed E-state index contributed by atoms with van der Waals surface area (Å²) in [6, 6.07) is 1.40. The first-order valence-corrected chi connectivity index (χ1v) is 5.39. The molecule has 0 aliphatic heterocycles. The monoisotopic (exact) mass is 249 g/mol. The first-order chi connectivity index (χ1) is 7.15. The van der Waals surface area contributed by atoms with E-state index in [0.717, 1.165) is 0 Å².